The summed E-state index contributed by atoms with van der Waals surface area (Å²) in [5.74, 6) is -2.96. The summed E-state index contributed by atoms with van der Waals surface area (Å²) in [6.45, 7) is 3.31. The minimum Gasteiger partial charge on any atom is -0.447 e. The number of nitrogens with zero attached hydrogens (tertiary/aromatic N) is 2. The van der Waals surface area contributed by atoms with Gasteiger partial charge in [-0.25, -0.2) is 14.4 Å². The van der Waals surface area contributed by atoms with Gasteiger partial charge in [-0.2, -0.15) is 0 Å². The molecule has 0 unspecified atom stereocenters. The summed E-state index contributed by atoms with van der Waals surface area (Å²) < 4.78 is 20.5. The fourth-order valence-electron chi connectivity index (χ4n) is 4.98. The number of carbonyl (C=O) groups excluding carboxylic acids is 7. The molecule has 1 aliphatic heterocycles. The SMILES string of the molecule is CC(C)[C@H](NC(=O)OCCOCCN1C(=O)C=CC1=O)C(=O)C[C@@H](CCCNC(N)=O)C(=O)Nc1ccc(COC(=O)Oc2ccc([N+](=O)[O-])cc2)cc1. The number of urea groups is 1. The predicted octanol–water partition coefficient (Wildman–Crippen LogP) is 2.97. The Bertz CT molecular complexity index is 1680. The van der Waals surface area contributed by atoms with Gasteiger partial charge in [-0.3, -0.25) is 34.2 Å². The van der Waals surface area contributed by atoms with Crippen LogP contribution < -0.4 is 26.4 Å². The second-order valence-electron chi connectivity index (χ2n) is 12.2. The van der Waals surface area contributed by atoms with Crippen molar-refractivity contribution in [2.24, 2.45) is 17.6 Å². The number of anilines is 1. The first-order valence-electron chi connectivity index (χ1n) is 16.8. The summed E-state index contributed by atoms with van der Waals surface area (Å²) in [4.78, 5) is 96.9. The summed E-state index contributed by atoms with van der Waals surface area (Å²) in [6, 6.07) is 9.44. The second-order valence-corrected chi connectivity index (χ2v) is 12.2. The van der Waals surface area contributed by atoms with Gasteiger partial charge in [0, 0.05) is 48.9 Å². The largest absolute Gasteiger partial charge is 0.514 e. The van der Waals surface area contributed by atoms with Crippen molar-refractivity contribution in [1.29, 1.82) is 0 Å². The maximum Gasteiger partial charge on any atom is 0.514 e. The van der Waals surface area contributed by atoms with E-state index in [0.29, 0.717) is 17.7 Å². The fourth-order valence-corrected chi connectivity index (χ4v) is 4.98. The number of benzene rings is 2. The van der Waals surface area contributed by atoms with Crippen LogP contribution >= 0.6 is 0 Å². The lowest BCUT2D eigenvalue weighted by Gasteiger charge is -2.24. The molecule has 0 fully saturated rings. The monoisotopic (exact) mass is 754 g/mol. The van der Waals surface area contributed by atoms with Gasteiger partial charge in [0.15, 0.2) is 5.78 Å². The zero-order valence-corrected chi connectivity index (χ0v) is 29.6. The Balaban J connectivity index is 1.50. The Morgan fingerprint density at radius 1 is 0.907 bits per heavy atom. The van der Waals surface area contributed by atoms with Crippen molar-refractivity contribution in [3.8, 4) is 5.75 Å². The molecule has 0 saturated heterocycles. The number of primary amides is 1. The lowest BCUT2D eigenvalue weighted by atomic mass is 9.89. The number of ether oxygens (including phenoxy) is 4. The van der Waals surface area contributed by atoms with Crippen molar-refractivity contribution in [3.05, 3.63) is 76.4 Å². The van der Waals surface area contributed by atoms with Gasteiger partial charge in [0.25, 0.3) is 17.5 Å². The first-order valence-corrected chi connectivity index (χ1v) is 16.8. The number of nitro groups is 1. The van der Waals surface area contributed by atoms with Crippen LogP contribution in [0.5, 0.6) is 5.75 Å². The van der Waals surface area contributed by atoms with Gasteiger partial charge in [0.2, 0.25) is 5.91 Å². The maximum atomic E-state index is 13.4. The number of rotatable bonds is 21. The lowest BCUT2D eigenvalue weighted by Crippen LogP contribution is -2.46. The van der Waals surface area contributed by atoms with Crippen molar-refractivity contribution < 1.29 is 57.4 Å². The molecule has 0 radical (unpaired) electrons. The van der Waals surface area contributed by atoms with Gasteiger partial charge >= 0.3 is 18.3 Å². The number of Topliss-reactive ketones (excluding diaryl/α,β-unsaturated/α-hetero) is 1. The van der Waals surface area contributed by atoms with Crippen LogP contribution in [0.15, 0.2) is 60.7 Å². The van der Waals surface area contributed by atoms with Crippen LogP contribution in [-0.4, -0.2) is 90.6 Å². The van der Waals surface area contributed by atoms with E-state index >= 15 is 0 Å². The van der Waals surface area contributed by atoms with E-state index in [1.165, 1.54) is 24.3 Å². The summed E-state index contributed by atoms with van der Waals surface area (Å²) in [5.41, 5.74) is 5.90. The molecular weight excluding hydrogens is 712 g/mol. The molecule has 19 heteroatoms. The molecule has 0 saturated carbocycles. The molecule has 0 spiro atoms. The molecule has 290 valence electrons. The number of carbonyl (C=O) groups is 7. The van der Waals surface area contributed by atoms with Gasteiger partial charge < -0.3 is 40.6 Å². The quantitative estimate of drug-likeness (QED) is 0.0357. The van der Waals surface area contributed by atoms with E-state index in [9.17, 15) is 43.7 Å². The standard InChI is InChI=1S/C35H42N6O13/c1-22(2)31(39-34(47)52-19-18-51-17-16-40-29(43)13-14-30(40)44)28(42)20-24(4-3-15-37-33(36)46)32(45)38-25-7-5-23(6-8-25)21-53-35(48)54-27-11-9-26(10-12-27)41(49)50/h5-14,22,24,31H,3-4,15-21H2,1-2H3,(H,38,45)(H,39,47)(H3,36,37,46)/t24-,31+/m1/s1. The average molecular weight is 755 g/mol. The van der Waals surface area contributed by atoms with Gasteiger partial charge in [0.05, 0.1) is 30.7 Å². The topological polar surface area (TPSA) is 265 Å². The lowest BCUT2D eigenvalue weighted by molar-refractivity contribution is -0.384. The Kier molecular flexibility index (Phi) is 16.5. The van der Waals surface area contributed by atoms with E-state index in [1.807, 2.05) is 0 Å². The summed E-state index contributed by atoms with van der Waals surface area (Å²) in [6.07, 6.45) is 0.674. The van der Waals surface area contributed by atoms with E-state index in [1.54, 1.807) is 38.1 Å². The number of amides is 6. The predicted molar refractivity (Wildman–Crippen MR) is 189 cm³/mol. The number of nitrogens with one attached hydrogen (secondary N) is 3. The van der Waals surface area contributed by atoms with Crippen LogP contribution in [0.3, 0.4) is 0 Å². The average Bonchev–Trinajstić information content (AvgIpc) is 3.45. The smallest absolute Gasteiger partial charge is 0.447 e. The number of nitrogens with two attached hydrogens (primary N) is 1. The summed E-state index contributed by atoms with van der Waals surface area (Å²) >= 11 is 0. The molecular formula is C35H42N6O13. The van der Waals surface area contributed by atoms with E-state index in [-0.39, 0.29) is 69.7 Å². The first kappa shape index (κ1) is 42.0. The highest BCUT2D eigenvalue weighted by atomic mass is 16.7. The highest BCUT2D eigenvalue weighted by Crippen LogP contribution is 2.21. The normalized spacial score (nSPS) is 13.2. The Labute approximate surface area is 309 Å². The Hall–Kier alpha value is -6.37. The maximum absolute atomic E-state index is 13.4. The molecule has 0 aliphatic carbocycles. The summed E-state index contributed by atoms with van der Waals surface area (Å²) in [5, 5.41) is 18.5. The molecule has 0 aromatic heterocycles. The molecule has 3 rings (SSSR count). The van der Waals surface area contributed by atoms with E-state index in [2.05, 4.69) is 16.0 Å². The minimum atomic E-state index is -1.03. The molecule has 2 aromatic rings. The highest BCUT2D eigenvalue weighted by molar-refractivity contribution is 6.12. The Morgan fingerprint density at radius 3 is 2.19 bits per heavy atom. The molecule has 19 nitrogen and oxygen atoms in total. The molecule has 2 aromatic carbocycles. The second kappa shape index (κ2) is 21.2. The van der Waals surface area contributed by atoms with Crippen LogP contribution in [0.4, 0.5) is 25.8 Å². The third kappa shape index (κ3) is 14.3. The van der Waals surface area contributed by atoms with Gasteiger partial charge in [0.1, 0.15) is 19.0 Å². The third-order valence-electron chi connectivity index (χ3n) is 7.78. The van der Waals surface area contributed by atoms with Crippen molar-refractivity contribution in [2.45, 2.75) is 45.8 Å². The molecule has 1 heterocycles. The summed E-state index contributed by atoms with van der Waals surface area (Å²) in [7, 11) is 0. The molecule has 5 N–H and O–H groups in total. The van der Waals surface area contributed by atoms with Gasteiger partial charge in [-0.15, -0.1) is 0 Å². The first-order chi connectivity index (χ1) is 25.7. The number of non-ortho nitro benzene ring substituents is 1. The van der Waals surface area contributed by atoms with E-state index in [0.717, 1.165) is 17.1 Å². The van der Waals surface area contributed by atoms with E-state index < -0.39 is 58.7 Å². The molecule has 54 heavy (non-hydrogen) atoms. The molecule has 6 amide bonds. The van der Waals surface area contributed by atoms with Gasteiger partial charge in [-0.1, -0.05) is 26.0 Å². The molecule has 2 atom stereocenters. The highest BCUT2D eigenvalue weighted by Gasteiger charge is 2.30. The van der Waals surface area contributed by atoms with Crippen molar-refractivity contribution in [2.75, 3.05) is 38.2 Å². The zero-order valence-electron chi connectivity index (χ0n) is 29.6. The number of alkyl carbamates (subject to hydrolysis) is 1. The van der Waals surface area contributed by atoms with Crippen LogP contribution in [0.1, 0.15) is 38.7 Å². The number of hydrogen-bond acceptors (Lipinski definition) is 13. The number of nitro benzene ring substituents is 1. The van der Waals surface area contributed by atoms with Gasteiger partial charge in [-0.05, 0) is 48.6 Å². The van der Waals surface area contributed by atoms with Crippen LogP contribution in [0, 0.1) is 22.0 Å². The third-order valence-corrected chi connectivity index (χ3v) is 7.78. The molecule has 1 aliphatic rings. The van der Waals surface area contributed by atoms with E-state index in [4.69, 9.17) is 24.7 Å². The van der Waals surface area contributed by atoms with Crippen molar-refractivity contribution in [1.82, 2.24) is 15.5 Å². The van der Waals surface area contributed by atoms with Crippen molar-refractivity contribution in [3.63, 3.8) is 0 Å². The fraction of sp³-hybridized carbons (Fsp3) is 0.400. The zero-order chi connectivity index (χ0) is 39.6. The molecule has 0 bridgehead atoms. The number of imide groups is 1. The minimum absolute atomic E-state index is 0.0240. The van der Waals surface area contributed by atoms with Crippen LogP contribution in [-0.2, 0) is 40.0 Å². The number of hydrogen-bond donors (Lipinski definition) is 4. The van der Waals surface area contributed by atoms with Crippen molar-refractivity contribution >= 4 is 53.2 Å². The Morgan fingerprint density at radius 2 is 1.57 bits per heavy atom. The van der Waals surface area contributed by atoms with Crippen LogP contribution in [0.25, 0.3) is 0 Å². The number of ketones is 1. The van der Waals surface area contributed by atoms with Crippen LogP contribution in [0.2, 0.25) is 0 Å².